The fourth-order valence-corrected chi connectivity index (χ4v) is 6.10. The number of benzene rings is 2. The molecule has 1 fully saturated rings. The number of nitrogens with one attached hydrogen (secondary N) is 1. The topological polar surface area (TPSA) is 66.4 Å². The molecular weight excluding hydrogens is 370 g/mol. The molecule has 1 aliphatic carbocycles. The van der Waals surface area contributed by atoms with E-state index in [1.54, 1.807) is 13.0 Å². The molecule has 4 nitrogen and oxygen atoms in total. The molecule has 0 saturated heterocycles. The van der Waals surface area contributed by atoms with Crippen molar-refractivity contribution in [3.8, 4) is 0 Å². The van der Waals surface area contributed by atoms with Crippen molar-refractivity contribution in [3.63, 3.8) is 0 Å². The van der Waals surface area contributed by atoms with Crippen LogP contribution in [0.15, 0.2) is 41.3 Å². The molecule has 0 spiro atoms. The summed E-state index contributed by atoms with van der Waals surface area (Å²) in [5, 5.41) is 12.2. The van der Waals surface area contributed by atoms with Crippen molar-refractivity contribution in [1.82, 2.24) is 4.72 Å². The maximum absolute atomic E-state index is 13.0. The maximum atomic E-state index is 13.0. The number of fused-ring (bicyclic) bond motifs is 1. The predicted octanol–water partition coefficient (Wildman–Crippen LogP) is 4.78. The van der Waals surface area contributed by atoms with E-state index < -0.39 is 22.2 Å². The lowest BCUT2D eigenvalue weighted by molar-refractivity contribution is 0.125. The molecule has 0 heterocycles. The van der Waals surface area contributed by atoms with Crippen LogP contribution in [0.4, 0.5) is 0 Å². The molecule has 3 atom stereocenters. The van der Waals surface area contributed by atoms with Crippen LogP contribution in [0.25, 0.3) is 10.8 Å². The van der Waals surface area contributed by atoms with Gasteiger partial charge in [-0.15, -0.1) is 0 Å². The van der Waals surface area contributed by atoms with Gasteiger partial charge in [0.15, 0.2) is 0 Å². The van der Waals surface area contributed by atoms with Crippen LogP contribution in [-0.4, -0.2) is 25.7 Å². The summed E-state index contributed by atoms with van der Waals surface area (Å²) in [7, 11) is -3.72. The van der Waals surface area contributed by atoms with E-state index in [2.05, 4.69) is 18.6 Å². The Morgan fingerprint density at radius 2 is 1.96 bits per heavy atom. The third kappa shape index (κ3) is 4.94. The van der Waals surface area contributed by atoms with Gasteiger partial charge >= 0.3 is 0 Å². The van der Waals surface area contributed by atoms with Crippen LogP contribution in [-0.2, 0) is 10.0 Å². The molecule has 0 amide bonds. The maximum Gasteiger partial charge on any atom is 0.241 e. The monoisotopic (exact) mass is 403 g/mol. The highest BCUT2D eigenvalue weighted by molar-refractivity contribution is 7.89. The Kier molecular flexibility index (Phi) is 6.18. The summed E-state index contributed by atoms with van der Waals surface area (Å²) in [6, 6.07) is 10.6. The van der Waals surface area contributed by atoms with Gasteiger partial charge in [-0.1, -0.05) is 44.2 Å². The standard InChI is InChI=1S/C23H33NO3S/c1-16-13-19-7-5-6-8-20(19)22(14-16)28(26,27)24-17(2)21(25)10-9-18-11-12-23(3,4)15-18/h5-8,13-14,17-18,21,24-25H,9-12,15H2,1-4H3/t17-,18?,21-/m1/s1. The Hall–Kier alpha value is -1.43. The molecule has 1 aliphatic rings. The van der Waals surface area contributed by atoms with E-state index in [-0.39, 0.29) is 4.90 Å². The number of rotatable bonds is 7. The van der Waals surface area contributed by atoms with Gasteiger partial charge in [0.2, 0.25) is 10.0 Å². The van der Waals surface area contributed by atoms with Gasteiger partial charge in [-0.2, -0.15) is 0 Å². The smallest absolute Gasteiger partial charge is 0.241 e. The SMILES string of the molecule is Cc1cc(S(=O)(=O)N[C@H](C)[C@H](O)CCC2CCC(C)(C)C2)c2ccccc2c1. The van der Waals surface area contributed by atoms with Crippen molar-refractivity contribution in [3.05, 3.63) is 42.0 Å². The Labute approximate surface area is 169 Å². The summed E-state index contributed by atoms with van der Waals surface area (Å²) >= 11 is 0. The van der Waals surface area contributed by atoms with Crippen molar-refractivity contribution in [2.75, 3.05) is 0 Å². The fraction of sp³-hybridized carbons (Fsp3) is 0.565. The third-order valence-electron chi connectivity index (χ3n) is 6.12. The molecule has 2 N–H and O–H groups in total. The second-order valence-corrected chi connectivity index (χ2v) is 11.0. The molecule has 28 heavy (non-hydrogen) atoms. The van der Waals surface area contributed by atoms with Crippen molar-refractivity contribution < 1.29 is 13.5 Å². The van der Waals surface area contributed by atoms with Gasteiger partial charge in [-0.3, -0.25) is 0 Å². The minimum Gasteiger partial charge on any atom is -0.391 e. The second kappa shape index (κ2) is 8.13. The number of aliphatic hydroxyl groups is 1. The normalized spacial score (nSPS) is 21.7. The minimum absolute atomic E-state index is 0.277. The molecule has 0 aliphatic heterocycles. The number of sulfonamides is 1. The molecule has 1 saturated carbocycles. The highest BCUT2D eigenvalue weighted by Crippen LogP contribution is 2.42. The molecule has 2 aromatic rings. The van der Waals surface area contributed by atoms with Crippen molar-refractivity contribution >= 4 is 20.8 Å². The van der Waals surface area contributed by atoms with E-state index >= 15 is 0 Å². The molecule has 0 bridgehead atoms. The molecule has 0 radical (unpaired) electrons. The third-order valence-corrected chi connectivity index (χ3v) is 7.72. The van der Waals surface area contributed by atoms with Crippen molar-refractivity contribution in [2.24, 2.45) is 11.3 Å². The van der Waals surface area contributed by atoms with Crippen LogP contribution >= 0.6 is 0 Å². The summed E-state index contributed by atoms with van der Waals surface area (Å²) in [5.41, 5.74) is 1.30. The summed E-state index contributed by atoms with van der Waals surface area (Å²) < 4.78 is 28.8. The van der Waals surface area contributed by atoms with E-state index in [0.29, 0.717) is 23.1 Å². The Bertz CT molecular complexity index is 936. The quantitative estimate of drug-likeness (QED) is 0.699. The highest BCUT2D eigenvalue weighted by atomic mass is 32.2. The van der Waals surface area contributed by atoms with Crippen LogP contribution in [0.5, 0.6) is 0 Å². The zero-order valence-corrected chi connectivity index (χ0v) is 18.2. The van der Waals surface area contributed by atoms with Crippen LogP contribution < -0.4 is 4.72 Å². The molecule has 0 aromatic heterocycles. The summed E-state index contributed by atoms with van der Waals surface area (Å²) in [6.07, 6.45) is 4.51. The van der Waals surface area contributed by atoms with Gasteiger partial charge in [0, 0.05) is 11.4 Å². The number of aliphatic hydroxyl groups excluding tert-OH is 1. The second-order valence-electron chi connectivity index (χ2n) is 9.31. The van der Waals surface area contributed by atoms with E-state index in [4.69, 9.17) is 0 Å². The van der Waals surface area contributed by atoms with Gasteiger partial charge in [0.1, 0.15) is 0 Å². The van der Waals surface area contributed by atoms with Gasteiger partial charge in [0.25, 0.3) is 0 Å². The summed E-state index contributed by atoms with van der Waals surface area (Å²) in [5.74, 6) is 0.633. The Morgan fingerprint density at radius 3 is 2.64 bits per heavy atom. The first-order valence-electron chi connectivity index (χ1n) is 10.3. The first-order chi connectivity index (χ1) is 13.1. The molecule has 1 unspecified atom stereocenters. The first kappa shape index (κ1) is 21.3. The molecule has 5 heteroatoms. The molecule has 2 aromatic carbocycles. The van der Waals surface area contributed by atoms with Gasteiger partial charge in [-0.05, 0) is 74.3 Å². The largest absolute Gasteiger partial charge is 0.391 e. The van der Waals surface area contributed by atoms with Crippen molar-refractivity contribution in [2.45, 2.75) is 76.8 Å². The average molecular weight is 404 g/mol. The van der Waals surface area contributed by atoms with Gasteiger partial charge in [-0.25, -0.2) is 13.1 Å². The number of hydrogen-bond donors (Lipinski definition) is 2. The van der Waals surface area contributed by atoms with Crippen LogP contribution in [0, 0.1) is 18.3 Å². The minimum atomic E-state index is -3.72. The highest BCUT2D eigenvalue weighted by Gasteiger charge is 2.31. The number of hydrogen-bond acceptors (Lipinski definition) is 3. The van der Waals surface area contributed by atoms with Crippen LogP contribution in [0.1, 0.15) is 58.4 Å². The van der Waals surface area contributed by atoms with Gasteiger partial charge < -0.3 is 5.11 Å². The predicted molar refractivity (Wildman–Crippen MR) is 115 cm³/mol. The Balaban J connectivity index is 1.68. The lowest BCUT2D eigenvalue weighted by atomic mass is 9.89. The summed E-state index contributed by atoms with van der Waals surface area (Å²) in [6.45, 7) is 8.24. The van der Waals surface area contributed by atoms with Crippen LogP contribution in [0.3, 0.4) is 0 Å². The molecule has 154 valence electrons. The molecule has 3 rings (SSSR count). The fourth-order valence-electron chi connectivity index (χ4n) is 4.51. The van der Waals surface area contributed by atoms with E-state index in [9.17, 15) is 13.5 Å². The van der Waals surface area contributed by atoms with E-state index in [1.807, 2.05) is 37.3 Å². The van der Waals surface area contributed by atoms with Crippen LogP contribution in [0.2, 0.25) is 0 Å². The van der Waals surface area contributed by atoms with Gasteiger partial charge in [0.05, 0.1) is 11.0 Å². The van der Waals surface area contributed by atoms with Crippen molar-refractivity contribution in [1.29, 1.82) is 0 Å². The zero-order valence-electron chi connectivity index (χ0n) is 17.4. The molecular formula is C23H33NO3S. The average Bonchev–Trinajstić information content (AvgIpc) is 2.97. The Morgan fingerprint density at radius 1 is 1.25 bits per heavy atom. The van der Waals surface area contributed by atoms with E-state index in [0.717, 1.165) is 17.4 Å². The lowest BCUT2D eigenvalue weighted by Gasteiger charge is -2.23. The van der Waals surface area contributed by atoms with E-state index in [1.165, 1.54) is 19.3 Å². The number of aryl methyl sites for hydroxylation is 1. The lowest BCUT2D eigenvalue weighted by Crippen LogP contribution is -2.41. The first-order valence-corrected chi connectivity index (χ1v) is 11.8. The summed E-state index contributed by atoms with van der Waals surface area (Å²) in [4.78, 5) is 0.277. The zero-order chi connectivity index (χ0) is 20.5.